The van der Waals surface area contributed by atoms with Crippen LogP contribution in [0.2, 0.25) is 0 Å². The van der Waals surface area contributed by atoms with E-state index in [2.05, 4.69) is 15.9 Å². The number of halogens is 1. The first-order chi connectivity index (χ1) is 7.61. The summed E-state index contributed by atoms with van der Waals surface area (Å²) in [5.74, 6) is 0.791. The zero-order chi connectivity index (χ0) is 12.0. The molecule has 1 rings (SSSR count). The number of allylic oxidation sites excluding steroid dienone is 1. The van der Waals surface area contributed by atoms with E-state index in [-0.39, 0.29) is 0 Å². The Labute approximate surface area is 103 Å². The summed E-state index contributed by atoms with van der Waals surface area (Å²) in [7, 11) is 0. The maximum atomic E-state index is 11.1. The van der Waals surface area contributed by atoms with Gasteiger partial charge in [-0.3, -0.25) is 0 Å². The summed E-state index contributed by atoms with van der Waals surface area (Å²) >= 11 is 3.33. The molecule has 0 N–H and O–H groups in total. The molecule has 0 radical (unpaired) electrons. The summed E-state index contributed by atoms with van der Waals surface area (Å²) in [6.07, 6.45) is 1.32. The highest BCUT2D eigenvalue weighted by Gasteiger charge is 2.00. The van der Waals surface area contributed by atoms with E-state index in [1.807, 2.05) is 24.3 Å². The van der Waals surface area contributed by atoms with Crippen LogP contribution in [0.1, 0.15) is 13.8 Å². The monoisotopic (exact) mass is 284 g/mol. The zero-order valence-electron chi connectivity index (χ0n) is 9.20. The van der Waals surface area contributed by atoms with Gasteiger partial charge in [0.2, 0.25) is 0 Å². The SMILES string of the molecule is CCOC(=O)/C=C(/C)Oc1ccc(Br)cc1. The third-order valence-electron chi connectivity index (χ3n) is 1.70. The van der Waals surface area contributed by atoms with Crippen molar-refractivity contribution in [2.75, 3.05) is 6.61 Å². The molecule has 0 fully saturated rings. The van der Waals surface area contributed by atoms with Gasteiger partial charge in [-0.2, -0.15) is 0 Å². The zero-order valence-corrected chi connectivity index (χ0v) is 10.8. The van der Waals surface area contributed by atoms with E-state index in [0.717, 1.165) is 4.47 Å². The smallest absolute Gasteiger partial charge is 0.334 e. The van der Waals surface area contributed by atoms with Gasteiger partial charge in [0, 0.05) is 4.47 Å². The Morgan fingerprint density at radius 3 is 2.56 bits per heavy atom. The van der Waals surface area contributed by atoms with Gasteiger partial charge in [-0.1, -0.05) is 15.9 Å². The number of carbonyl (C=O) groups excluding carboxylic acids is 1. The normalized spacial score (nSPS) is 11.1. The fraction of sp³-hybridized carbons (Fsp3) is 0.250. The van der Waals surface area contributed by atoms with Crippen LogP contribution in [0.15, 0.2) is 40.6 Å². The maximum absolute atomic E-state index is 11.1. The van der Waals surface area contributed by atoms with E-state index >= 15 is 0 Å². The summed E-state index contributed by atoms with van der Waals surface area (Å²) in [5, 5.41) is 0. The number of rotatable bonds is 4. The first-order valence-corrected chi connectivity index (χ1v) is 5.69. The number of hydrogen-bond donors (Lipinski definition) is 0. The molecule has 1 aromatic carbocycles. The Kier molecular flexibility index (Phi) is 5.05. The van der Waals surface area contributed by atoms with Crippen LogP contribution in [0.5, 0.6) is 5.75 Å². The van der Waals surface area contributed by atoms with E-state index in [1.165, 1.54) is 6.08 Å². The minimum atomic E-state index is -0.392. The second kappa shape index (κ2) is 6.33. The van der Waals surface area contributed by atoms with Gasteiger partial charge in [-0.05, 0) is 38.1 Å². The quantitative estimate of drug-likeness (QED) is 0.484. The number of benzene rings is 1. The van der Waals surface area contributed by atoms with Gasteiger partial charge in [0.05, 0.1) is 12.7 Å². The van der Waals surface area contributed by atoms with Crippen LogP contribution in [-0.2, 0) is 9.53 Å². The van der Waals surface area contributed by atoms with Gasteiger partial charge in [-0.15, -0.1) is 0 Å². The summed E-state index contributed by atoms with van der Waals surface area (Å²) in [4.78, 5) is 11.1. The molecular formula is C12H13BrO3. The highest BCUT2D eigenvalue weighted by molar-refractivity contribution is 9.10. The predicted molar refractivity (Wildman–Crippen MR) is 65.2 cm³/mol. The number of ether oxygens (including phenoxy) is 2. The molecule has 0 saturated carbocycles. The molecule has 0 bridgehead atoms. The van der Waals surface area contributed by atoms with E-state index < -0.39 is 5.97 Å². The van der Waals surface area contributed by atoms with Crippen molar-refractivity contribution in [2.45, 2.75) is 13.8 Å². The van der Waals surface area contributed by atoms with E-state index in [1.54, 1.807) is 13.8 Å². The molecule has 0 amide bonds. The van der Waals surface area contributed by atoms with Crippen LogP contribution in [0.4, 0.5) is 0 Å². The standard InChI is InChI=1S/C12H13BrO3/c1-3-15-12(14)8-9(2)16-11-6-4-10(13)5-7-11/h4-8H,3H2,1-2H3/b9-8-. The topological polar surface area (TPSA) is 35.5 Å². The molecule has 0 aromatic heterocycles. The van der Waals surface area contributed by atoms with E-state index in [4.69, 9.17) is 9.47 Å². The molecule has 0 aliphatic rings. The Balaban J connectivity index is 2.60. The molecule has 0 atom stereocenters. The van der Waals surface area contributed by atoms with Gasteiger partial charge >= 0.3 is 5.97 Å². The van der Waals surface area contributed by atoms with Gasteiger partial charge in [0.15, 0.2) is 0 Å². The minimum Gasteiger partial charge on any atom is -0.463 e. The lowest BCUT2D eigenvalue weighted by atomic mass is 10.3. The van der Waals surface area contributed by atoms with Crippen molar-refractivity contribution >= 4 is 21.9 Å². The molecule has 0 aliphatic carbocycles. The van der Waals surface area contributed by atoms with Gasteiger partial charge < -0.3 is 9.47 Å². The molecule has 3 nitrogen and oxygen atoms in total. The second-order valence-corrected chi connectivity index (χ2v) is 3.98. The van der Waals surface area contributed by atoms with Crippen molar-refractivity contribution in [1.29, 1.82) is 0 Å². The molecule has 0 heterocycles. The van der Waals surface area contributed by atoms with Crippen LogP contribution in [0.3, 0.4) is 0 Å². The van der Waals surface area contributed by atoms with Crippen LogP contribution in [-0.4, -0.2) is 12.6 Å². The number of hydrogen-bond acceptors (Lipinski definition) is 3. The van der Waals surface area contributed by atoms with Crippen LogP contribution in [0.25, 0.3) is 0 Å². The number of esters is 1. The second-order valence-electron chi connectivity index (χ2n) is 3.06. The third kappa shape index (κ3) is 4.49. The van der Waals surface area contributed by atoms with Crippen molar-refractivity contribution in [3.05, 3.63) is 40.6 Å². The largest absolute Gasteiger partial charge is 0.463 e. The summed E-state index contributed by atoms with van der Waals surface area (Å²) in [6.45, 7) is 3.83. The van der Waals surface area contributed by atoms with Crippen molar-refractivity contribution < 1.29 is 14.3 Å². The van der Waals surface area contributed by atoms with Crippen molar-refractivity contribution in [2.24, 2.45) is 0 Å². The Morgan fingerprint density at radius 1 is 1.38 bits per heavy atom. The third-order valence-corrected chi connectivity index (χ3v) is 2.23. The lowest BCUT2D eigenvalue weighted by molar-refractivity contribution is -0.137. The van der Waals surface area contributed by atoms with Gasteiger partial charge in [0.1, 0.15) is 11.5 Å². The molecule has 1 aromatic rings. The summed E-state index contributed by atoms with van der Waals surface area (Å²) in [6, 6.07) is 7.36. The van der Waals surface area contributed by atoms with Crippen molar-refractivity contribution in [3.63, 3.8) is 0 Å². The van der Waals surface area contributed by atoms with E-state index in [0.29, 0.717) is 18.1 Å². The van der Waals surface area contributed by atoms with Crippen molar-refractivity contribution in [3.8, 4) is 5.75 Å². The maximum Gasteiger partial charge on any atom is 0.334 e. The fourth-order valence-corrected chi connectivity index (χ4v) is 1.33. The lowest BCUT2D eigenvalue weighted by Crippen LogP contribution is -2.02. The first kappa shape index (κ1) is 12.8. The molecule has 16 heavy (non-hydrogen) atoms. The first-order valence-electron chi connectivity index (χ1n) is 4.90. The van der Waals surface area contributed by atoms with Gasteiger partial charge in [0.25, 0.3) is 0 Å². The van der Waals surface area contributed by atoms with E-state index in [9.17, 15) is 4.79 Å². The van der Waals surface area contributed by atoms with Crippen LogP contribution < -0.4 is 4.74 Å². The predicted octanol–water partition coefficient (Wildman–Crippen LogP) is 3.29. The summed E-state index contributed by atoms with van der Waals surface area (Å²) in [5.41, 5.74) is 0. The number of carbonyl (C=O) groups is 1. The molecule has 86 valence electrons. The van der Waals surface area contributed by atoms with Crippen molar-refractivity contribution in [1.82, 2.24) is 0 Å². The molecule has 0 aliphatic heterocycles. The highest BCUT2D eigenvalue weighted by Crippen LogP contribution is 2.18. The Hall–Kier alpha value is -1.29. The van der Waals surface area contributed by atoms with Crippen LogP contribution in [0, 0.1) is 0 Å². The highest BCUT2D eigenvalue weighted by atomic mass is 79.9. The van der Waals surface area contributed by atoms with Gasteiger partial charge in [-0.25, -0.2) is 4.79 Å². The lowest BCUT2D eigenvalue weighted by Gasteiger charge is -2.05. The van der Waals surface area contributed by atoms with Crippen LogP contribution >= 0.6 is 15.9 Å². The molecule has 0 saturated heterocycles. The molecular weight excluding hydrogens is 272 g/mol. The molecule has 0 unspecified atom stereocenters. The molecule has 4 heteroatoms. The molecule has 0 spiro atoms. The Morgan fingerprint density at radius 2 is 2.00 bits per heavy atom. The Bertz CT molecular complexity index is 382. The summed E-state index contributed by atoms with van der Waals surface area (Å²) < 4.78 is 11.2. The fourth-order valence-electron chi connectivity index (χ4n) is 1.07. The average molecular weight is 285 g/mol. The average Bonchev–Trinajstić information content (AvgIpc) is 2.21. The minimum absolute atomic E-state index is 0.362.